The fourth-order valence-electron chi connectivity index (χ4n) is 4.81. The molecule has 1 aromatic carbocycles. The van der Waals surface area contributed by atoms with E-state index in [1.165, 1.54) is 4.90 Å². The minimum Gasteiger partial charge on any atom is -0.444 e. The number of nitrogens with zero attached hydrogens (tertiary/aromatic N) is 1. The van der Waals surface area contributed by atoms with Gasteiger partial charge >= 0.3 is 6.09 Å². The molecule has 4 rings (SSSR count). The average molecular weight is 518 g/mol. The fourth-order valence-corrected chi connectivity index (χ4v) is 6.17. The highest BCUT2D eigenvalue weighted by atomic mass is 32.2. The van der Waals surface area contributed by atoms with Gasteiger partial charge in [0.2, 0.25) is 15.9 Å². The molecule has 1 aromatic rings. The summed E-state index contributed by atoms with van der Waals surface area (Å²) in [5, 5.41) is 2.22. The molecule has 10 heteroatoms. The molecule has 0 bridgehead atoms. The Morgan fingerprint density at radius 3 is 2.42 bits per heavy atom. The molecule has 3 aliphatic rings. The van der Waals surface area contributed by atoms with E-state index in [2.05, 4.69) is 16.6 Å². The van der Waals surface area contributed by atoms with E-state index >= 15 is 0 Å². The van der Waals surface area contributed by atoms with Crippen LogP contribution in [-0.4, -0.2) is 60.2 Å². The van der Waals surface area contributed by atoms with E-state index in [9.17, 15) is 22.8 Å². The molecule has 2 aliphatic carbocycles. The van der Waals surface area contributed by atoms with Gasteiger partial charge in [-0.1, -0.05) is 36.4 Å². The number of likely N-dealkylation sites (tertiary alicyclic amines) is 1. The number of benzene rings is 1. The monoisotopic (exact) mass is 517 g/mol. The number of ether oxygens (including phenoxy) is 1. The van der Waals surface area contributed by atoms with Gasteiger partial charge in [0.15, 0.2) is 0 Å². The summed E-state index contributed by atoms with van der Waals surface area (Å²) in [6.45, 7) is 9.34. The summed E-state index contributed by atoms with van der Waals surface area (Å²) in [4.78, 5) is 41.0. The maximum Gasteiger partial charge on any atom is 0.410 e. The summed E-state index contributed by atoms with van der Waals surface area (Å²) < 4.78 is 32.5. The van der Waals surface area contributed by atoms with Crippen molar-refractivity contribution < 1.29 is 27.5 Å². The lowest BCUT2D eigenvalue weighted by molar-refractivity contribution is -0.131. The van der Waals surface area contributed by atoms with Gasteiger partial charge in [0, 0.05) is 12.5 Å². The second-order valence-corrected chi connectivity index (χ2v) is 13.1. The third kappa shape index (κ3) is 5.74. The van der Waals surface area contributed by atoms with Gasteiger partial charge in [0.25, 0.3) is 5.91 Å². The average Bonchev–Trinajstić information content (AvgIpc) is 3.70. The zero-order valence-electron chi connectivity index (χ0n) is 21.0. The lowest BCUT2D eigenvalue weighted by atomic mass is 9.96. The standard InChI is InChI=1S/C26H35N3O6S/c1-5-19-15-26(19,23(31)28-36(33,34)20-11-12-20)27-22(30)21-14-18(13-17-9-7-6-8-10-17)16-29(21)24(32)35-25(2,3)4/h5-10,18-21H,1,11-16H2,2-4H3,(H,27,30)(H,28,31)/t18-,19-,21?,26-/m1/s1. The molecule has 1 saturated heterocycles. The maximum absolute atomic E-state index is 13.5. The Morgan fingerprint density at radius 1 is 1.19 bits per heavy atom. The van der Waals surface area contributed by atoms with Gasteiger partial charge in [0.05, 0.1) is 5.25 Å². The molecule has 1 heterocycles. The van der Waals surface area contributed by atoms with Crippen molar-refractivity contribution in [3.63, 3.8) is 0 Å². The smallest absolute Gasteiger partial charge is 0.410 e. The van der Waals surface area contributed by atoms with Crippen molar-refractivity contribution >= 4 is 27.9 Å². The van der Waals surface area contributed by atoms with E-state index in [0.29, 0.717) is 32.2 Å². The molecule has 1 aliphatic heterocycles. The zero-order chi connectivity index (χ0) is 26.3. The molecule has 3 fully saturated rings. The summed E-state index contributed by atoms with van der Waals surface area (Å²) in [6.07, 6.45) is 3.32. The van der Waals surface area contributed by atoms with E-state index in [-0.39, 0.29) is 12.3 Å². The van der Waals surface area contributed by atoms with Crippen LogP contribution < -0.4 is 10.0 Å². The lowest BCUT2D eigenvalue weighted by Gasteiger charge is -2.29. The Kier molecular flexibility index (Phi) is 6.94. The van der Waals surface area contributed by atoms with Gasteiger partial charge in [-0.2, -0.15) is 0 Å². The van der Waals surface area contributed by atoms with Crippen LogP contribution in [0.5, 0.6) is 0 Å². The highest BCUT2D eigenvalue weighted by molar-refractivity contribution is 7.91. The number of nitrogens with one attached hydrogen (secondary N) is 2. The molecule has 0 spiro atoms. The predicted octanol–water partition coefficient (Wildman–Crippen LogP) is 2.52. The van der Waals surface area contributed by atoms with Gasteiger partial charge in [-0.25, -0.2) is 13.2 Å². The summed E-state index contributed by atoms with van der Waals surface area (Å²) >= 11 is 0. The topological polar surface area (TPSA) is 122 Å². The van der Waals surface area contributed by atoms with Crippen LogP contribution in [0.25, 0.3) is 0 Å². The Morgan fingerprint density at radius 2 is 1.86 bits per heavy atom. The molecule has 4 atom stereocenters. The molecule has 1 unspecified atom stereocenters. The van der Waals surface area contributed by atoms with Crippen LogP contribution in [-0.2, 0) is 30.8 Å². The van der Waals surface area contributed by atoms with Crippen molar-refractivity contribution in [1.82, 2.24) is 14.9 Å². The largest absolute Gasteiger partial charge is 0.444 e. The van der Waals surface area contributed by atoms with Gasteiger partial charge in [-0.15, -0.1) is 6.58 Å². The molecule has 36 heavy (non-hydrogen) atoms. The third-order valence-corrected chi connectivity index (χ3v) is 8.75. The number of carbonyl (C=O) groups excluding carboxylic acids is 3. The summed E-state index contributed by atoms with van der Waals surface area (Å²) in [7, 11) is -3.77. The van der Waals surface area contributed by atoms with E-state index in [4.69, 9.17) is 4.74 Å². The summed E-state index contributed by atoms with van der Waals surface area (Å²) in [6, 6.07) is 8.99. The van der Waals surface area contributed by atoms with Crippen molar-refractivity contribution in [3.8, 4) is 0 Å². The van der Waals surface area contributed by atoms with Gasteiger partial charge < -0.3 is 10.1 Å². The third-order valence-electron chi connectivity index (χ3n) is 6.93. The second kappa shape index (κ2) is 9.53. The Labute approximate surface area is 212 Å². The number of hydrogen-bond acceptors (Lipinski definition) is 6. The lowest BCUT2D eigenvalue weighted by Crippen LogP contribution is -2.56. The van der Waals surface area contributed by atoms with Crippen molar-refractivity contribution in [1.29, 1.82) is 0 Å². The van der Waals surface area contributed by atoms with Crippen molar-refractivity contribution in [3.05, 3.63) is 48.6 Å². The first-order valence-electron chi connectivity index (χ1n) is 12.4. The Balaban J connectivity index is 1.51. The first-order chi connectivity index (χ1) is 16.8. The van der Waals surface area contributed by atoms with Crippen molar-refractivity contribution in [2.75, 3.05) is 6.54 Å². The van der Waals surface area contributed by atoms with Crippen LogP contribution in [0.2, 0.25) is 0 Å². The molecule has 196 valence electrons. The second-order valence-electron chi connectivity index (χ2n) is 11.1. The van der Waals surface area contributed by atoms with Crippen LogP contribution >= 0.6 is 0 Å². The quantitative estimate of drug-likeness (QED) is 0.511. The highest BCUT2D eigenvalue weighted by Gasteiger charge is 2.61. The first kappa shape index (κ1) is 26.2. The van der Waals surface area contributed by atoms with E-state index in [1.807, 2.05) is 30.3 Å². The fraction of sp³-hybridized carbons (Fsp3) is 0.577. The number of amides is 3. The maximum atomic E-state index is 13.5. The molecule has 0 aromatic heterocycles. The normalized spacial score (nSPS) is 27.8. The van der Waals surface area contributed by atoms with Gasteiger partial charge in [-0.3, -0.25) is 19.2 Å². The predicted molar refractivity (Wildman–Crippen MR) is 134 cm³/mol. The van der Waals surface area contributed by atoms with Crippen molar-refractivity contribution in [2.45, 2.75) is 75.3 Å². The van der Waals surface area contributed by atoms with E-state index in [1.54, 1.807) is 26.8 Å². The molecule has 9 nitrogen and oxygen atoms in total. The minimum absolute atomic E-state index is 0.0186. The summed E-state index contributed by atoms with van der Waals surface area (Å²) in [5.41, 5.74) is -1.03. The molecule has 0 radical (unpaired) electrons. The Hall–Kier alpha value is -2.88. The molecule has 2 N–H and O–H groups in total. The first-order valence-corrected chi connectivity index (χ1v) is 13.9. The van der Waals surface area contributed by atoms with Crippen LogP contribution in [0.1, 0.15) is 52.0 Å². The van der Waals surface area contributed by atoms with Crippen molar-refractivity contribution in [2.24, 2.45) is 11.8 Å². The highest BCUT2D eigenvalue weighted by Crippen LogP contribution is 2.45. The summed E-state index contributed by atoms with van der Waals surface area (Å²) in [5.74, 6) is -1.63. The molecular weight excluding hydrogens is 482 g/mol. The van der Waals surface area contributed by atoms with E-state index in [0.717, 1.165) is 5.56 Å². The zero-order valence-corrected chi connectivity index (χ0v) is 21.8. The number of hydrogen-bond donors (Lipinski definition) is 2. The number of sulfonamides is 1. The molecular formula is C26H35N3O6S. The minimum atomic E-state index is -3.77. The molecule has 3 amide bonds. The van der Waals surface area contributed by atoms with Crippen LogP contribution in [0.4, 0.5) is 4.79 Å². The van der Waals surface area contributed by atoms with Gasteiger partial charge in [-0.05, 0) is 64.4 Å². The van der Waals surface area contributed by atoms with Crippen LogP contribution in [0.3, 0.4) is 0 Å². The Bertz CT molecular complexity index is 1140. The number of rotatable bonds is 8. The molecule has 2 saturated carbocycles. The van der Waals surface area contributed by atoms with Gasteiger partial charge in [0.1, 0.15) is 17.2 Å². The number of carbonyl (C=O) groups is 3. The van der Waals surface area contributed by atoms with E-state index < -0.39 is 56.3 Å². The SMILES string of the molecule is C=C[C@@H]1C[C@]1(NC(=O)C1C[C@@H](Cc2ccccc2)CN1C(=O)OC(C)(C)C)C(=O)NS(=O)(=O)C1CC1. The van der Waals surface area contributed by atoms with Crippen LogP contribution in [0.15, 0.2) is 43.0 Å². The van der Waals surface area contributed by atoms with Crippen LogP contribution in [0, 0.1) is 11.8 Å².